The number of ether oxygens (including phenoxy) is 1. The first-order chi connectivity index (χ1) is 9.78. The molecule has 0 radical (unpaired) electrons. The molecule has 0 fully saturated rings. The van der Waals surface area contributed by atoms with Crippen LogP contribution >= 0.6 is 11.8 Å². The number of benzene rings is 2. The first kappa shape index (κ1) is 13.0. The monoisotopic (exact) mass is 282 g/mol. The van der Waals surface area contributed by atoms with Crippen molar-refractivity contribution >= 4 is 23.6 Å². The van der Waals surface area contributed by atoms with Crippen LogP contribution in [-0.4, -0.2) is 12.4 Å². The van der Waals surface area contributed by atoms with Gasteiger partial charge in [0.25, 0.3) is 0 Å². The highest BCUT2D eigenvalue weighted by atomic mass is 32.2. The number of hydrogen-bond acceptors (Lipinski definition) is 3. The van der Waals surface area contributed by atoms with E-state index >= 15 is 0 Å². The van der Waals surface area contributed by atoms with Crippen LogP contribution in [0.1, 0.15) is 22.8 Å². The summed E-state index contributed by atoms with van der Waals surface area (Å²) in [6.45, 7) is 2.58. The number of carbonyl (C=O) groups excluding carboxylic acids is 1. The second-order valence-electron chi connectivity index (χ2n) is 4.44. The van der Waals surface area contributed by atoms with Crippen LogP contribution in [0.4, 0.5) is 0 Å². The largest absolute Gasteiger partial charge is 0.494 e. The van der Waals surface area contributed by atoms with Gasteiger partial charge in [-0.1, -0.05) is 42.1 Å². The van der Waals surface area contributed by atoms with E-state index < -0.39 is 0 Å². The first-order valence-electron chi connectivity index (χ1n) is 6.54. The zero-order chi connectivity index (χ0) is 13.9. The third kappa shape index (κ3) is 2.49. The van der Waals surface area contributed by atoms with Gasteiger partial charge in [0.1, 0.15) is 5.75 Å². The highest BCUT2D eigenvalue weighted by Gasteiger charge is 2.26. The SMILES string of the molecule is CCOc1ccc2c(c1)S/C(=C/c1ccccc1)C2=O. The van der Waals surface area contributed by atoms with Gasteiger partial charge in [0.05, 0.1) is 11.5 Å². The van der Waals surface area contributed by atoms with E-state index in [2.05, 4.69) is 0 Å². The average molecular weight is 282 g/mol. The van der Waals surface area contributed by atoms with E-state index in [1.54, 1.807) is 0 Å². The Morgan fingerprint density at radius 3 is 2.70 bits per heavy atom. The van der Waals surface area contributed by atoms with E-state index in [4.69, 9.17) is 4.74 Å². The molecule has 0 atom stereocenters. The van der Waals surface area contributed by atoms with E-state index in [0.717, 1.165) is 26.7 Å². The highest BCUT2D eigenvalue weighted by Crippen LogP contribution is 2.42. The van der Waals surface area contributed by atoms with Gasteiger partial charge in [-0.15, -0.1) is 0 Å². The number of ketones is 1. The fourth-order valence-electron chi connectivity index (χ4n) is 2.12. The van der Waals surface area contributed by atoms with Crippen molar-refractivity contribution in [3.8, 4) is 5.75 Å². The van der Waals surface area contributed by atoms with Crippen LogP contribution in [0.3, 0.4) is 0 Å². The van der Waals surface area contributed by atoms with Gasteiger partial charge in [0.15, 0.2) is 0 Å². The molecule has 100 valence electrons. The van der Waals surface area contributed by atoms with E-state index in [9.17, 15) is 4.79 Å². The van der Waals surface area contributed by atoms with Crippen molar-refractivity contribution in [1.29, 1.82) is 0 Å². The molecule has 2 aromatic carbocycles. The molecule has 0 unspecified atom stereocenters. The fraction of sp³-hybridized carbons (Fsp3) is 0.118. The lowest BCUT2D eigenvalue weighted by Gasteiger charge is -2.03. The quantitative estimate of drug-likeness (QED) is 0.780. The fourth-order valence-corrected chi connectivity index (χ4v) is 3.20. The molecule has 0 aliphatic carbocycles. The van der Waals surface area contributed by atoms with Crippen LogP contribution in [0.15, 0.2) is 58.3 Å². The summed E-state index contributed by atoms with van der Waals surface area (Å²) in [5.41, 5.74) is 1.81. The summed E-state index contributed by atoms with van der Waals surface area (Å²) in [6.07, 6.45) is 1.94. The predicted molar refractivity (Wildman–Crippen MR) is 82.2 cm³/mol. The number of thioether (sulfide) groups is 1. The normalized spacial score (nSPS) is 15.4. The molecule has 1 aliphatic heterocycles. The van der Waals surface area contributed by atoms with Gasteiger partial charge in [-0.05, 0) is 36.8 Å². The van der Waals surface area contributed by atoms with Gasteiger partial charge in [-0.25, -0.2) is 0 Å². The van der Waals surface area contributed by atoms with Gasteiger partial charge >= 0.3 is 0 Å². The first-order valence-corrected chi connectivity index (χ1v) is 7.35. The van der Waals surface area contributed by atoms with Crippen molar-refractivity contribution in [2.24, 2.45) is 0 Å². The van der Waals surface area contributed by atoms with Gasteiger partial charge in [-0.3, -0.25) is 4.79 Å². The maximum absolute atomic E-state index is 12.3. The lowest BCUT2D eigenvalue weighted by molar-refractivity contribution is 0.104. The molecule has 1 heterocycles. The van der Waals surface area contributed by atoms with Crippen LogP contribution in [0.25, 0.3) is 6.08 Å². The molecule has 20 heavy (non-hydrogen) atoms. The Kier molecular flexibility index (Phi) is 3.61. The van der Waals surface area contributed by atoms with Crippen LogP contribution in [0.2, 0.25) is 0 Å². The Balaban J connectivity index is 1.92. The maximum Gasteiger partial charge on any atom is 0.200 e. The van der Waals surface area contributed by atoms with Crippen LogP contribution in [0, 0.1) is 0 Å². The Hall–Kier alpha value is -2.00. The number of Topliss-reactive ketones (excluding diaryl/α,β-unsaturated/α-hetero) is 1. The number of rotatable bonds is 3. The van der Waals surface area contributed by atoms with E-state index in [1.807, 2.05) is 61.5 Å². The zero-order valence-electron chi connectivity index (χ0n) is 11.1. The Morgan fingerprint density at radius 1 is 1.15 bits per heavy atom. The summed E-state index contributed by atoms with van der Waals surface area (Å²) in [6, 6.07) is 15.5. The molecule has 2 nitrogen and oxygen atoms in total. The van der Waals surface area contributed by atoms with Crippen LogP contribution in [-0.2, 0) is 0 Å². The van der Waals surface area contributed by atoms with Crippen molar-refractivity contribution in [3.05, 3.63) is 64.6 Å². The topological polar surface area (TPSA) is 26.3 Å². The Bertz CT molecular complexity index is 675. The van der Waals surface area contributed by atoms with Crippen LogP contribution in [0.5, 0.6) is 5.75 Å². The Morgan fingerprint density at radius 2 is 1.95 bits per heavy atom. The minimum absolute atomic E-state index is 0.0944. The molecule has 0 aromatic heterocycles. The molecular formula is C17H14O2S. The van der Waals surface area contributed by atoms with Crippen molar-refractivity contribution in [1.82, 2.24) is 0 Å². The lowest BCUT2D eigenvalue weighted by atomic mass is 10.1. The molecule has 2 aromatic rings. The van der Waals surface area contributed by atoms with Crippen molar-refractivity contribution in [3.63, 3.8) is 0 Å². The molecule has 0 saturated heterocycles. The minimum Gasteiger partial charge on any atom is -0.494 e. The maximum atomic E-state index is 12.3. The van der Waals surface area contributed by atoms with E-state index in [1.165, 1.54) is 11.8 Å². The lowest BCUT2D eigenvalue weighted by Crippen LogP contribution is -1.95. The summed E-state index contributed by atoms with van der Waals surface area (Å²) >= 11 is 1.51. The summed E-state index contributed by atoms with van der Waals surface area (Å²) in [5, 5.41) is 0. The number of carbonyl (C=O) groups is 1. The summed E-state index contributed by atoms with van der Waals surface area (Å²) in [4.78, 5) is 14.1. The summed E-state index contributed by atoms with van der Waals surface area (Å²) in [7, 11) is 0. The van der Waals surface area contributed by atoms with E-state index in [0.29, 0.717) is 6.61 Å². The molecule has 1 aliphatic rings. The van der Waals surface area contributed by atoms with Crippen LogP contribution < -0.4 is 4.74 Å². The third-order valence-corrected chi connectivity index (χ3v) is 4.13. The second kappa shape index (κ2) is 5.55. The standard InChI is InChI=1S/C17H14O2S/c1-2-19-13-8-9-14-15(11-13)20-16(17(14)18)10-12-6-4-3-5-7-12/h3-11H,2H2,1H3/b16-10+. The molecule has 3 heteroatoms. The molecule has 0 N–H and O–H groups in total. The zero-order valence-corrected chi connectivity index (χ0v) is 11.9. The van der Waals surface area contributed by atoms with Gasteiger partial charge in [0.2, 0.25) is 5.78 Å². The number of fused-ring (bicyclic) bond motifs is 1. The summed E-state index contributed by atoms with van der Waals surface area (Å²) in [5.74, 6) is 0.907. The second-order valence-corrected chi connectivity index (χ2v) is 5.53. The smallest absolute Gasteiger partial charge is 0.200 e. The Labute approximate surface area is 122 Å². The molecule has 0 spiro atoms. The van der Waals surface area contributed by atoms with Crippen molar-refractivity contribution < 1.29 is 9.53 Å². The van der Waals surface area contributed by atoms with Gasteiger partial charge in [-0.2, -0.15) is 0 Å². The molecule has 0 amide bonds. The average Bonchev–Trinajstić information content (AvgIpc) is 2.77. The van der Waals surface area contributed by atoms with Gasteiger partial charge in [0, 0.05) is 10.5 Å². The minimum atomic E-state index is 0.0944. The third-order valence-electron chi connectivity index (χ3n) is 3.05. The summed E-state index contributed by atoms with van der Waals surface area (Å²) < 4.78 is 5.48. The molecular weight excluding hydrogens is 268 g/mol. The number of allylic oxidation sites excluding steroid dienone is 1. The molecule has 0 bridgehead atoms. The number of hydrogen-bond donors (Lipinski definition) is 0. The highest BCUT2D eigenvalue weighted by molar-refractivity contribution is 8.04. The molecule has 0 saturated carbocycles. The molecule has 3 rings (SSSR count). The van der Waals surface area contributed by atoms with Gasteiger partial charge < -0.3 is 4.74 Å². The van der Waals surface area contributed by atoms with Crippen molar-refractivity contribution in [2.75, 3.05) is 6.61 Å². The van der Waals surface area contributed by atoms with E-state index in [-0.39, 0.29) is 5.78 Å². The van der Waals surface area contributed by atoms with Crippen molar-refractivity contribution in [2.45, 2.75) is 11.8 Å². The predicted octanol–water partition coefficient (Wildman–Crippen LogP) is 4.41.